The summed E-state index contributed by atoms with van der Waals surface area (Å²) in [5.41, 5.74) is 6.95. The molecule has 0 atom stereocenters. The van der Waals surface area contributed by atoms with Gasteiger partial charge in [0.1, 0.15) is 0 Å². The van der Waals surface area contributed by atoms with E-state index in [1.165, 1.54) is 67.9 Å². The molecule has 4 nitrogen and oxygen atoms in total. The van der Waals surface area contributed by atoms with Gasteiger partial charge in [-0.3, -0.25) is 19.2 Å². The maximum atomic E-state index is 12.9. The van der Waals surface area contributed by atoms with E-state index in [2.05, 4.69) is 132 Å². The van der Waals surface area contributed by atoms with Crippen LogP contribution in [0.5, 0.6) is 0 Å². The van der Waals surface area contributed by atoms with E-state index in [4.69, 9.17) is 0 Å². The van der Waals surface area contributed by atoms with E-state index in [0.717, 1.165) is 40.5 Å². The van der Waals surface area contributed by atoms with E-state index in [0.29, 0.717) is 22.3 Å². The molecule has 0 saturated heterocycles. The first-order chi connectivity index (χ1) is 30.9. The number of thioether (sulfide) groups is 4. The van der Waals surface area contributed by atoms with Gasteiger partial charge in [0.05, 0.1) is 22.3 Å². The Labute approximate surface area is 422 Å². The molecule has 8 rings (SSSR count). The molecule has 0 N–H and O–H groups in total. The van der Waals surface area contributed by atoms with Crippen LogP contribution in [0.1, 0.15) is 180 Å². The lowest BCUT2D eigenvalue weighted by atomic mass is 9.86. The molecule has 4 aromatic rings. The third kappa shape index (κ3) is 12.7. The number of carbonyl (C=O) groups is 4. The lowest BCUT2D eigenvalue weighted by molar-refractivity contribution is -0.109. The standard InChI is InChI=1S/C26H26O2S2.C22H22O2S4.4C2H6/c1-25(2,3)17-11-7-15(8-12-17)21-19-20(24(28)29-21)22(30-23(19)27)16-9-13-18(14-10-16)26(4,5)6;1-21(2,3)13-9-7-11(25-13)17-15-16(20(24)27-17)18(28-19(15)23)12-8-10-14(26-12)22(4,5)6;4*1-2/h7-14H,1-6H3;7-10H,1-6H3;4*1-2H3. The molecule has 0 aliphatic carbocycles. The van der Waals surface area contributed by atoms with Crippen molar-refractivity contribution in [2.24, 2.45) is 0 Å². The average molecular weight is 1000 g/mol. The summed E-state index contributed by atoms with van der Waals surface area (Å²) in [7, 11) is 0. The molecule has 0 bridgehead atoms. The van der Waals surface area contributed by atoms with Gasteiger partial charge in [-0.1, -0.05) is 187 Å². The fraction of sp³-hybridized carbons (Fsp3) is 0.429. The molecule has 0 amide bonds. The van der Waals surface area contributed by atoms with Crippen LogP contribution in [-0.4, -0.2) is 20.5 Å². The van der Waals surface area contributed by atoms with Crippen molar-refractivity contribution in [3.05, 3.63) is 137 Å². The number of thiophene rings is 2. The Morgan fingerprint density at radius 3 is 0.773 bits per heavy atom. The fourth-order valence-electron chi connectivity index (χ4n) is 6.73. The topological polar surface area (TPSA) is 68.3 Å². The zero-order chi connectivity index (χ0) is 50.3. The maximum Gasteiger partial charge on any atom is 0.226 e. The van der Waals surface area contributed by atoms with Gasteiger partial charge in [-0.15, -0.1) is 22.7 Å². The van der Waals surface area contributed by atoms with Crippen molar-refractivity contribution in [3.8, 4) is 0 Å². The molecular formula is C56H72O4S6. The first-order valence-electron chi connectivity index (χ1n) is 23.2. The first-order valence-corrected chi connectivity index (χ1v) is 28.1. The predicted molar refractivity (Wildman–Crippen MR) is 300 cm³/mol. The van der Waals surface area contributed by atoms with Crippen molar-refractivity contribution in [1.82, 2.24) is 0 Å². The highest BCUT2D eigenvalue weighted by atomic mass is 32.2. The predicted octanol–water partition coefficient (Wildman–Crippen LogP) is 18.1. The van der Waals surface area contributed by atoms with Crippen LogP contribution < -0.4 is 0 Å². The van der Waals surface area contributed by atoms with E-state index >= 15 is 0 Å². The van der Waals surface area contributed by atoms with Crippen molar-refractivity contribution in [2.45, 2.75) is 160 Å². The van der Waals surface area contributed by atoms with Crippen molar-refractivity contribution in [2.75, 3.05) is 0 Å². The Bertz CT molecular complexity index is 2350. The average Bonchev–Trinajstić information content (AvgIpc) is 4.14. The Morgan fingerprint density at radius 2 is 0.545 bits per heavy atom. The maximum absolute atomic E-state index is 12.9. The molecule has 356 valence electrons. The molecule has 6 heterocycles. The Hall–Kier alpha value is -3.12. The second-order valence-electron chi connectivity index (χ2n) is 18.9. The lowest BCUT2D eigenvalue weighted by Gasteiger charge is -2.19. The monoisotopic (exact) mass is 1000 g/mol. The molecule has 0 saturated carbocycles. The number of carbonyl (C=O) groups excluding carboxylic acids is 4. The summed E-state index contributed by atoms with van der Waals surface area (Å²) in [6.07, 6.45) is 0. The summed E-state index contributed by atoms with van der Waals surface area (Å²) in [4.78, 5) is 59.4. The van der Waals surface area contributed by atoms with E-state index in [1.54, 1.807) is 22.7 Å². The van der Waals surface area contributed by atoms with Crippen LogP contribution in [0.2, 0.25) is 0 Å². The van der Waals surface area contributed by atoms with Crippen LogP contribution in [0.15, 0.2) is 95.1 Å². The van der Waals surface area contributed by atoms with Crippen LogP contribution in [0, 0.1) is 0 Å². The smallest absolute Gasteiger partial charge is 0.226 e. The van der Waals surface area contributed by atoms with Crippen molar-refractivity contribution < 1.29 is 19.2 Å². The summed E-state index contributed by atoms with van der Waals surface area (Å²) >= 11 is 8.15. The van der Waals surface area contributed by atoms with Gasteiger partial charge in [0.15, 0.2) is 0 Å². The molecule has 2 aromatic heterocycles. The van der Waals surface area contributed by atoms with Gasteiger partial charge in [0, 0.05) is 39.1 Å². The third-order valence-corrected chi connectivity index (χ3v) is 17.6. The van der Waals surface area contributed by atoms with Crippen LogP contribution in [-0.2, 0) is 40.8 Å². The number of hydrogen-bond donors (Lipinski definition) is 0. The van der Waals surface area contributed by atoms with Crippen LogP contribution >= 0.6 is 69.7 Å². The second kappa shape index (κ2) is 23.5. The molecule has 66 heavy (non-hydrogen) atoms. The third-order valence-electron chi connectivity index (χ3n) is 10.2. The molecule has 0 spiro atoms. The summed E-state index contributed by atoms with van der Waals surface area (Å²) in [6, 6.07) is 24.8. The summed E-state index contributed by atoms with van der Waals surface area (Å²) in [6.45, 7) is 42.1. The van der Waals surface area contributed by atoms with Crippen LogP contribution in [0.25, 0.3) is 19.6 Å². The van der Waals surface area contributed by atoms with Gasteiger partial charge in [-0.25, -0.2) is 0 Å². The first kappa shape index (κ1) is 57.2. The van der Waals surface area contributed by atoms with E-state index in [-0.39, 0.29) is 42.1 Å². The Balaban J connectivity index is 0.000000305. The van der Waals surface area contributed by atoms with Crippen LogP contribution in [0.3, 0.4) is 0 Å². The fourth-order valence-corrected chi connectivity index (χ4v) is 13.5. The van der Waals surface area contributed by atoms with Crippen LogP contribution in [0.4, 0.5) is 0 Å². The minimum atomic E-state index is -0.0341. The molecule has 0 unspecified atom stereocenters. The minimum absolute atomic E-state index is 0.00485. The zero-order valence-corrected chi connectivity index (χ0v) is 47.9. The highest BCUT2D eigenvalue weighted by molar-refractivity contribution is 8.26. The van der Waals surface area contributed by atoms with Gasteiger partial charge < -0.3 is 0 Å². The van der Waals surface area contributed by atoms with Gasteiger partial charge in [0.25, 0.3) is 0 Å². The van der Waals surface area contributed by atoms with Gasteiger partial charge >= 0.3 is 0 Å². The summed E-state index contributed by atoms with van der Waals surface area (Å²) in [5.74, 6) is 0. The molecule has 10 heteroatoms. The van der Waals surface area contributed by atoms with Crippen molar-refractivity contribution in [3.63, 3.8) is 0 Å². The second-order valence-corrected chi connectivity index (χ2v) is 25.0. The molecule has 0 radical (unpaired) electrons. The summed E-state index contributed by atoms with van der Waals surface area (Å²) in [5, 5.41) is -0.0779. The number of fused-ring (bicyclic) bond motifs is 2. The molecule has 4 aliphatic heterocycles. The minimum Gasteiger partial charge on any atom is -0.281 e. The number of hydrogen-bond acceptors (Lipinski definition) is 10. The van der Waals surface area contributed by atoms with E-state index in [9.17, 15) is 19.2 Å². The lowest BCUT2D eigenvalue weighted by Crippen LogP contribution is -2.10. The highest BCUT2D eigenvalue weighted by Gasteiger charge is 2.44. The number of rotatable bonds is 4. The molecule has 4 aliphatic rings. The van der Waals surface area contributed by atoms with E-state index < -0.39 is 0 Å². The highest BCUT2D eigenvalue weighted by Crippen LogP contribution is 2.58. The largest absolute Gasteiger partial charge is 0.281 e. The molecule has 2 aromatic carbocycles. The zero-order valence-electron chi connectivity index (χ0n) is 43.0. The van der Waals surface area contributed by atoms with Gasteiger partial charge in [-0.05, 0) is 115 Å². The van der Waals surface area contributed by atoms with Crippen molar-refractivity contribution in [1.29, 1.82) is 0 Å². The van der Waals surface area contributed by atoms with Gasteiger partial charge in [-0.2, -0.15) is 0 Å². The quantitative estimate of drug-likeness (QED) is 0.200. The van der Waals surface area contributed by atoms with Crippen molar-refractivity contribution >= 4 is 110 Å². The Morgan fingerprint density at radius 1 is 0.303 bits per heavy atom. The molecule has 0 fully saturated rings. The van der Waals surface area contributed by atoms with E-state index in [1.807, 2.05) is 79.7 Å². The Kier molecular flexibility index (Phi) is 20.3. The normalized spacial score (nSPS) is 15.8. The SMILES string of the molecule is CC.CC.CC.CC.CC(C)(C)c1ccc(C2=C3C(=O)SC(c4ccc(C(C)(C)C)cc4)=C3C(=O)S2)cc1.CC(C)(C)c1ccc(C2=C3C(=O)SC(c4ccc(C(C)(C)C)s4)=C3C(=O)S2)s1. The molecular weight excluding hydrogens is 929 g/mol. The summed E-state index contributed by atoms with van der Waals surface area (Å²) < 4.78 is 0. The number of benzene rings is 2. The van der Waals surface area contributed by atoms with Gasteiger partial charge in [0.2, 0.25) is 20.5 Å².